The monoisotopic (exact) mass is 306 g/mol. The molecule has 1 aromatic heterocycles. The Labute approximate surface area is 119 Å². The third-order valence-corrected chi connectivity index (χ3v) is 3.59. The van der Waals surface area contributed by atoms with Gasteiger partial charge < -0.3 is 19.8 Å². The van der Waals surface area contributed by atoms with Crippen molar-refractivity contribution < 1.29 is 27.1 Å². The van der Waals surface area contributed by atoms with Gasteiger partial charge in [0.1, 0.15) is 12.3 Å². The average molecular weight is 306 g/mol. The fourth-order valence-corrected chi connectivity index (χ4v) is 2.28. The van der Waals surface area contributed by atoms with E-state index in [1.807, 2.05) is 0 Å². The minimum absolute atomic E-state index is 0.0134. The van der Waals surface area contributed by atoms with Gasteiger partial charge in [0.05, 0.1) is 31.4 Å². The molecule has 5 nitrogen and oxygen atoms in total. The number of hydrogen-bond donors (Lipinski definition) is 1. The summed E-state index contributed by atoms with van der Waals surface area (Å²) in [5.41, 5.74) is 4.66. The predicted octanol–water partition coefficient (Wildman–Crippen LogP) is 1.53. The molecule has 1 aliphatic heterocycles. The van der Waals surface area contributed by atoms with E-state index in [4.69, 9.17) is 14.9 Å². The van der Waals surface area contributed by atoms with E-state index in [-0.39, 0.29) is 25.5 Å². The maximum absolute atomic E-state index is 12.7. The first kappa shape index (κ1) is 15.8. The zero-order chi connectivity index (χ0) is 15.7. The molecule has 1 saturated heterocycles. The van der Waals surface area contributed by atoms with Gasteiger partial charge in [-0.05, 0) is 19.1 Å². The van der Waals surface area contributed by atoms with Crippen molar-refractivity contribution in [3.8, 4) is 0 Å². The molecule has 1 amide bonds. The summed E-state index contributed by atoms with van der Waals surface area (Å²) in [7, 11) is 0. The van der Waals surface area contributed by atoms with Crippen molar-refractivity contribution in [3.63, 3.8) is 0 Å². The van der Waals surface area contributed by atoms with Gasteiger partial charge in [0.2, 0.25) is 5.91 Å². The molecule has 1 fully saturated rings. The molecule has 0 radical (unpaired) electrons. The van der Waals surface area contributed by atoms with Crippen molar-refractivity contribution in [1.82, 2.24) is 4.90 Å². The minimum Gasteiger partial charge on any atom is -0.467 e. The molecule has 0 aromatic carbocycles. The molecule has 0 bridgehead atoms. The molecule has 1 aromatic rings. The van der Waals surface area contributed by atoms with Crippen LogP contribution in [0.4, 0.5) is 13.2 Å². The molecular formula is C13H17F3N2O3. The van der Waals surface area contributed by atoms with Crippen LogP contribution < -0.4 is 5.73 Å². The maximum atomic E-state index is 12.7. The van der Waals surface area contributed by atoms with Crippen molar-refractivity contribution in [2.24, 2.45) is 11.1 Å². The van der Waals surface area contributed by atoms with Gasteiger partial charge in [-0.1, -0.05) is 0 Å². The number of nitrogens with two attached hydrogens (primary N) is 1. The zero-order valence-electron chi connectivity index (χ0n) is 11.5. The SMILES string of the molecule is CC1(C(=O)N(Cc2ccco2)CC(F)(F)F)COCC1N. The van der Waals surface area contributed by atoms with Crippen molar-refractivity contribution in [2.75, 3.05) is 19.8 Å². The van der Waals surface area contributed by atoms with Gasteiger partial charge in [-0.25, -0.2) is 0 Å². The Morgan fingerprint density at radius 2 is 2.29 bits per heavy atom. The lowest BCUT2D eigenvalue weighted by molar-refractivity contribution is -0.169. The number of hydrogen-bond acceptors (Lipinski definition) is 4. The number of rotatable bonds is 4. The molecular weight excluding hydrogens is 289 g/mol. The first-order chi connectivity index (χ1) is 9.72. The van der Waals surface area contributed by atoms with Gasteiger partial charge in [0.25, 0.3) is 0 Å². The second-order valence-electron chi connectivity index (χ2n) is 5.39. The number of ether oxygens (including phenoxy) is 1. The van der Waals surface area contributed by atoms with Gasteiger partial charge in [-0.3, -0.25) is 4.79 Å². The standard InChI is InChI=1S/C13H17F3N2O3/c1-12(8-20-6-10(12)17)11(19)18(7-13(14,15)16)5-9-3-2-4-21-9/h2-4,10H,5-8,17H2,1H3. The van der Waals surface area contributed by atoms with Crippen molar-refractivity contribution in [1.29, 1.82) is 0 Å². The summed E-state index contributed by atoms with van der Waals surface area (Å²) in [6.45, 7) is 0.0867. The van der Waals surface area contributed by atoms with Crippen LogP contribution >= 0.6 is 0 Å². The van der Waals surface area contributed by atoms with E-state index in [9.17, 15) is 18.0 Å². The summed E-state index contributed by atoms with van der Waals surface area (Å²) in [5, 5.41) is 0. The van der Waals surface area contributed by atoms with Gasteiger partial charge in [0, 0.05) is 6.04 Å². The fraction of sp³-hybridized carbons (Fsp3) is 0.615. The molecule has 2 rings (SSSR count). The highest BCUT2D eigenvalue weighted by Crippen LogP contribution is 2.31. The van der Waals surface area contributed by atoms with E-state index in [1.54, 1.807) is 6.07 Å². The Kier molecular flexibility index (Phi) is 4.29. The number of halogens is 3. The predicted molar refractivity (Wildman–Crippen MR) is 67.1 cm³/mol. The van der Waals surface area contributed by atoms with Crippen LogP contribution in [0.2, 0.25) is 0 Å². The second kappa shape index (κ2) is 5.69. The van der Waals surface area contributed by atoms with Crippen molar-refractivity contribution in [3.05, 3.63) is 24.2 Å². The topological polar surface area (TPSA) is 68.7 Å². The zero-order valence-corrected chi connectivity index (χ0v) is 11.5. The van der Waals surface area contributed by atoms with Crippen LogP contribution in [0.5, 0.6) is 0 Å². The van der Waals surface area contributed by atoms with Crippen LogP contribution in [0, 0.1) is 5.41 Å². The molecule has 0 spiro atoms. The second-order valence-corrected chi connectivity index (χ2v) is 5.39. The largest absolute Gasteiger partial charge is 0.467 e. The highest BCUT2D eigenvalue weighted by atomic mass is 19.4. The molecule has 2 atom stereocenters. The minimum atomic E-state index is -4.50. The number of nitrogens with zero attached hydrogens (tertiary/aromatic N) is 1. The van der Waals surface area contributed by atoms with Crippen LogP contribution in [0.1, 0.15) is 12.7 Å². The third-order valence-electron chi connectivity index (χ3n) is 3.59. The van der Waals surface area contributed by atoms with Crippen LogP contribution in [0.3, 0.4) is 0 Å². The summed E-state index contributed by atoms with van der Waals surface area (Å²) in [6, 6.07) is 2.44. The van der Waals surface area contributed by atoms with Crippen LogP contribution in [0.15, 0.2) is 22.8 Å². The van der Waals surface area contributed by atoms with Crippen LogP contribution in [0.25, 0.3) is 0 Å². The highest BCUT2D eigenvalue weighted by molar-refractivity contribution is 5.83. The normalized spacial score (nSPS) is 26.0. The lowest BCUT2D eigenvalue weighted by Gasteiger charge is -2.33. The van der Waals surface area contributed by atoms with E-state index in [0.717, 1.165) is 0 Å². The fourth-order valence-electron chi connectivity index (χ4n) is 2.28. The molecule has 2 unspecified atom stereocenters. The van der Waals surface area contributed by atoms with Crippen molar-refractivity contribution in [2.45, 2.75) is 25.7 Å². The summed E-state index contributed by atoms with van der Waals surface area (Å²) in [4.78, 5) is 13.2. The molecule has 0 saturated carbocycles. The quantitative estimate of drug-likeness (QED) is 0.916. The summed E-state index contributed by atoms with van der Waals surface area (Å²) < 4.78 is 48.3. The smallest absolute Gasteiger partial charge is 0.406 e. The number of carbonyl (C=O) groups is 1. The molecule has 21 heavy (non-hydrogen) atoms. The lowest BCUT2D eigenvalue weighted by atomic mass is 9.84. The number of carbonyl (C=O) groups excluding carboxylic acids is 1. The maximum Gasteiger partial charge on any atom is 0.406 e. The van der Waals surface area contributed by atoms with Crippen LogP contribution in [-0.2, 0) is 16.1 Å². The van der Waals surface area contributed by atoms with Gasteiger partial charge in [-0.15, -0.1) is 0 Å². The Morgan fingerprint density at radius 1 is 1.57 bits per heavy atom. The number of alkyl halides is 3. The van der Waals surface area contributed by atoms with E-state index in [0.29, 0.717) is 4.90 Å². The molecule has 1 aliphatic rings. The first-order valence-corrected chi connectivity index (χ1v) is 6.44. The Bertz CT molecular complexity index is 489. The molecule has 8 heteroatoms. The van der Waals surface area contributed by atoms with E-state index in [2.05, 4.69) is 0 Å². The highest BCUT2D eigenvalue weighted by Gasteiger charge is 2.48. The average Bonchev–Trinajstić information content (AvgIpc) is 2.98. The van der Waals surface area contributed by atoms with E-state index < -0.39 is 30.1 Å². The molecule has 2 heterocycles. The summed E-state index contributed by atoms with van der Waals surface area (Å²) >= 11 is 0. The van der Waals surface area contributed by atoms with E-state index >= 15 is 0 Å². The summed E-state index contributed by atoms with van der Waals surface area (Å²) in [6.07, 6.45) is -3.15. The third kappa shape index (κ3) is 3.56. The number of amides is 1. The Hall–Kier alpha value is -1.54. The molecule has 118 valence electrons. The number of furan rings is 1. The molecule has 2 N–H and O–H groups in total. The van der Waals surface area contributed by atoms with Gasteiger partial charge >= 0.3 is 6.18 Å². The van der Waals surface area contributed by atoms with Crippen LogP contribution in [-0.4, -0.2) is 42.8 Å². The van der Waals surface area contributed by atoms with Gasteiger partial charge in [0.15, 0.2) is 0 Å². The molecule has 0 aliphatic carbocycles. The lowest BCUT2D eigenvalue weighted by Crippen LogP contribution is -2.53. The first-order valence-electron chi connectivity index (χ1n) is 6.44. The Balaban J connectivity index is 2.19. The Morgan fingerprint density at radius 3 is 2.76 bits per heavy atom. The van der Waals surface area contributed by atoms with E-state index in [1.165, 1.54) is 19.3 Å². The van der Waals surface area contributed by atoms with Crippen molar-refractivity contribution >= 4 is 5.91 Å². The summed E-state index contributed by atoms with van der Waals surface area (Å²) in [5.74, 6) is -0.398. The van der Waals surface area contributed by atoms with Gasteiger partial charge in [-0.2, -0.15) is 13.2 Å².